The molecule has 174 valence electrons. The Kier molecular flexibility index (Phi) is 7.29. The highest BCUT2D eigenvalue weighted by Crippen LogP contribution is 2.37. The summed E-state index contributed by atoms with van der Waals surface area (Å²) in [6.07, 6.45) is 0.308. The van der Waals surface area contributed by atoms with E-state index in [4.69, 9.17) is 14.2 Å². The molecule has 0 radical (unpaired) electrons. The van der Waals surface area contributed by atoms with Crippen LogP contribution in [-0.4, -0.2) is 46.9 Å². The fourth-order valence-electron chi connectivity index (χ4n) is 4.01. The molecule has 1 aromatic carbocycles. The van der Waals surface area contributed by atoms with Crippen molar-refractivity contribution < 1.29 is 24.1 Å². The van der Waals surface area contributed by atoms with Gasteiger partial charge in [0.15, 0.2) is 0 Å². The molecule has 1 N–H and O–H groups in total. The minimum absolute atomic E-state index is 0.103. The minimum Gasteiger partial charge on any atom is -0.495 e. The quantitative estimate of drug-likeness (QED) is 0.683. The molecule has 3 rings (SSSR count). The zero-order chi connectivity index (χ0) is 23.5. The van der Waals surface area contributed by atoms with Crippen LogP contribution in [-0.2, 0) is 17.8 Å². The largest absolute Gasteiger partial charge is 0.495 e. The van der Waals surface area contributed by atoms with Crippen LogP contribution in [0.5, 0.6) is 11.5 Å². The first-order valence-electron chi connectivity index (χ1n) is 11.0. The fourth-order valence-corrected chi connectivity index (χ4v) is 4.01. The van der Waals surface area contributed by atoms with Crippen LogP contribution in [0.4, 0.5) is 4.79 Å². The Labute approximate surface area is 190 Å². The summed E-state index contributed by atoms with van der Waals surface area (Å²) in [4.78, 5) is 19.2. The van der Waals surface area contributed by atoms with E-state index in [9.17, 15) is 9.90 Å². The highest BCUT2D eigenvalue weighted by molar-refractivity contribution is 5.69. The third kappa shape index (κ3) is 5.33. The molecular weight excluding hydrogens is 408 g/mol. The number of nitrogens with zero attached hydrogens (tertiary/aromatic N) is 2. The summed E-state index contributed by atoms with van der Waals surface area (Å²) in [5.41, 5.74) is 3.01. The van der Waals surface area contributed by atoms with Crippen molar-refractivity contribution in [3.63, 3.8) is 0 Å². The van der Waals surface area contributed by atoms with Gasteiger partial charge in [0.25, 0.3) is 0 Å². The average molecular weight is 443 g/mol. The average Bonchev–Trinajstić information content (AvgIpc) is 2.76. The second kappa shape index (κ2) is 9.77. The number of aliphatic hydroxyl groups is 1. The van der Waals surface area contributed by atoms with Gasteiger partial charge in [-0.2, -0.15) is 0 Å². The van der Waals surface area contributed by atoms with Gasteiger partial charge in [0.2, 0.25) is 0 Å². The highest BCUT2D eigenvalue weighted by atomic mass is 16.6. The summed E-state index contributed by atoms with van der Waals surface area (Å²) >= 11 is 0. The lowest BCUT2D eigenvalue weighted by atomic mass is 9.86. The van der Waals surface area contributed by atoms with Crippen LogP contribution in [0.2, 0.25) is 0 Å². The summed E-state index contributed by atoms with van der Waals surface area (Å²) in [7, 11) is 1.62. The number of hydrogen-bond acceptors (Lipinski definition) is 6. The first kappa shape index (κ1) is 23.9. The molecule has 1 aliphatic rings. The fraction of sp³-hybridized carbons (Fsp3) is 0.520. The zero-order valence-corrected chi connectivity index (χ0v) is 19.8. The van der Waals surface area contributed by atoms with Crippen molar-refractivity contribution in [3.05, 3.63) is 52.8 Å². The molecular formula is C25H34N2O5. The molecule has 1 amide bonds. The molecule has 0 saturated heterocycles. The number of hydrogen-bond donors (Lipinski definition) is 1. The summed E-state index contributed by atoms with van der Waals surface area (Å²) in [5.74, 6) is 1.66. The Morgan fingerprint density at radius 1 is 1.28 bits per heavy atom. The number of rotatable bonds is 7. The normalized spacial score (nSPS) is 16.0. The molecule has 1 aliphatic heterocycles. The Balaban J connectivity index is 1.79. The van der Waals surface area contributed by atoms with Gasteiger partial charge in [-0.15, -0.1) is 0 Å². The molecule has 32 heavy (non-hydrogen) atoms. The topological polar surface area (TPSA) is 81.1 Å². The molecule has 0 saturated carbocycles. The lowest BCUT2D eigenvalue weighted by Crippen LogP contribution is -2.46. The Bertz CT molecular complexity index is 957. The number of benzene rings is 1. The van der Waals surface area contributed by atoms with E-state index in [1.807, 2.05) is 37.3 Å². The molecule has 0 fully saturated rings. The maximum Gasteiger partial charge on any atom is 0.410 e. The van der Waals surface area contributed by atoms with Crippen LogP contribution in [0.25, 0.3) is 0 Å². The van der Waals surface area contributed by atoms with Crippen molar-refractivity contribution in [2.75, 3.05) is 20.3 Å². The van der Waals surface area contributed by atoms with Gasteiger partial charge < -0.3 is 24.2 Å². The third-order valence-electron chi connectivity index (χ3n) is 5.67. The third-order valence-corrected chi connectivity index (χ3v) is 5.67. The van der Waals surface area contributed by atoms with E-state index in [1.165, 1.54) is 0 Å². The molecule has 7 nitrogen and oxygen atoms in total. The van der Waals surface area contributed by atoms with Crippen molar-refractivity contribution in [1.82, 2.24) is 9.88 Å². The number of aryl methyl sites for hydroxylation is 1. The monoisotopic (exact) mass is 442 g/mol. The predicted molar refractivity (Wildman–Crippen MR) is 122 cm³/mol. The maximum atomic E-state index is 12.9. The first-order valence-corrected chi connectivity index (χ1v) is 11.0. The number of pyridine rings is 1. The second-order valence-electron chi connectivity index (χ2n) is 9.17. The van der Waals surface area contributed by atoms with Gasteiger partial charge in [-0.25, -0.2) is 4.79 Å². The van der Waals surface area contributed by atoms with E-state index in [0.29, 0.717) is 25.3 Å². The predicted octanol–water partition coefficient (Wildman–Crippen LogP) is 4.44. The van der Waals surface area contributed by atoms with Crippen LogP contribution in [0.15, 0.2) is 30.3 Å². The lowest BCUT2D eigenvalue weighted by Gasteiger charge is -2.40. The highest BCUT2D eigenvalue weighted by Gasteiger charge is 2.36. The number of aromatic nitrogens is 1. The molecule has 2 aromatic rings. The van der Waals surface area contributed by atoms with Crippen LogP contribution < -0.4 is 9.47 Å². The van der Waals surface area contributed by atoms with Gasteiger partial charge in [-0.3, -0.25) is 4.98 Å². The summed E-state index contributed by atoms with van der Waals surface area (Å²) < 4.78 is 17.0. The van der Waals surface area contributed by atoms with E-state index < -0.39 is 11.7 Å². The van der Waals surface area contributed by atoms with Gasteiger partial charge in [0, 0.05) is 12.2 Å². The summed E-state index contributed by atoms with van der Waals surface area (Å²) in [5, 5.41) is 9.46. The number of methoxy groups -OCH3 is 1. The SMILES string of the molecule is COc1ccc(C)nc1COc1ccc2c(c1)CCN(C(=O)OC(C)(C)CO)[C@H]2C(C)C. The maximum absolute atomic E-state index is 12.9. The van der Waals surface area contributed by atoms with E-state index in [0.717, 1.165) is 28.3 Å². The molecule has 0 unspecified atom stereocenters. The van der Waals surface area contributed by atoms with Gasteiger partial charge in [-0.05, 0) is 68.5 Å². The summed E-state index contributed by atoms with van der Waals surface area (Å²) in [6.45, 7) is 10.2. The molecule has 0 aliphatic carbocycles. The number of carbonyl (C=O) groups excluding carboxylic acids is 1. The Morgan fingerprint density at radius 3 is 2.69 bits per heavy atom. The first-order chi connectivity index (χ1) is 15.1. The van der Waals surface area contributed by atoms with Crippen LogP contribution in [0, 0.1) is 12.8 Å². The molecule has 1 atom stereocenters. The molecule has 0 bridgehead atoms. The Morgan fingerprint density at radius 2 is 2.03 bits per heavy atom. The lowest BCUT2D eigenvalue weighted by molar-refractivity contribution is -0.0301. The smallest absolute Gasteiger partial charge is 0.410 e. The van der Waals surface area contributed by atoms with Gasteiger partial charge >= 0.3 is 6.09 Å². The van der Waals surface area contributed by atoms with Crippen LogP contribution in [0.1, 0.15) is 56.3 Å². The van der Waals surface area contributed by atoms with E-state index >= 15 is 0 Å². The van der Waals surface area contributed by atoms with Crippen LogP contribution >= 0.6 is 0 Å². The van der Waals surface area contributed by atoms with Crippen molar-refractivity contribution in [2.45, 2.75) is 59.3 Å². The number of carbonyl (C=O) groups is 1. The molecule has 1 aromatic heterocycles. The number of ether oxygens (including phenoxy) is 3. The van der Waals surface area contributed by atoms with Gasteiger partial charge in [0.1, 0.15) is 29.4 Å². The minimum atomic E-state index is -0.915. The standard InChI is InChI=1S/C25H34N2O5/c1-16(2)23-20-9-8-19(31-14-21-22(30-6)10-7-17(3)26-21)13-18(20)11-12-27(23)24(29)32-25(4,5)15-28/h7-10,13,16,23,28H,11-12,14-15H2,1-6H3/t23-/m0/s1. The van der Waals surface area contributed by atoms with E-state index in [2.05, 4.69) is 18.8 Å². The van der Waals surface area contributed by atoms with Crippen molar-refractivity contribution in [2.24, 2.45) is 5.92 Å². The Hall–Kier alpha value is -2.80. The number of fused-ring (bicyclic) bond motifs is 1. The van der Waals surface area contributed by atoms with Gasteiger partial charge in [0.05, 0.1) is 19.8 Å². The van der Waals surface area contributed by atoms with Crippen molar-refractivity contribution >= 4 is 6.09 Å². The van der Waals surface area contributed by atoms with Crippen molar-refractivity contribution in [3.8, 4) is 11.5 Å². The number of amides is 1. The van der Waals surface area contributed by atoms with Gasteiger partial charge in [-0.1, -0.05) is 19.9 Å². The zero-order valence-electron chi connectivity index (χ0n) is 19.8. The van der Waals surface area contributed by atoms with E-state index in [1.54, 1.807) is 25.9 Å². The second-order valence-corrected chi connectivity index (χ2v) is 9.17. The molecule has 0 spiro atoms. The summed E-state index contributed by atoms with van der Waals surface area (Å²) in [6, 6.07) is 9.72. The van der Waals surface area contributed by atoms with E-state index in [-0.39, 0.29) is 18.6 Å². The van der Waals surface area contributed by atoms with Crippen LogP contribution in [0.3, 0.4) is 0 Å². The molecule has 2 heterocycles. The molecule has 7 heteroatoms. The van der Waals surface area contributed by atoms with Crippen molar-refractivity contribution in [1.29, 1.82) is 0 Å². The number of aliphatic hydroxyl groups excluding tert-OH is 1.